The first-order valence-electron chi connectivity index (χ1n) is 4.61. The third-order valence-electron chi connectivity index (χ3n) is 1.96. The van der Waals surface area contributed by atoms with Gasteiger partial charge in [0, 0.05) is 6.07 Å². The van der Waals surface area contributed by atoms with Crippen molar-refractivity contribution in [3.63, 3.8) is 0 Å². The number of ether oxygens (including phenoxy) is 1. The predicted octanol–water partition coefficient (Wildman–Crippen LogP) is 1.58. The van der Waals surface area contributed by atoms with E-state index in [4.69, 9.17) is 4.74 Å². The average Bonchev–Trinajstić information content (AvgIpc) is 2.17. The second-order valence-corrected chi connectivity index (χ2v) is 5.23. The Bertz CT molecular complexity index is 437. The van der Waals surface area contributed by atoms with Crippen molar-refractivity contribution in [2.45, 2.75) is 18.2 Å². The SMILES string of the molecule is CCCS(=O)(=O)c1ccc(O)cc1OC. The summed E-state index contributed by atoms with van der Waals surface area (Å²) in [6.45, 7) is 1.80. The van der Waals surface area contributed by atoms with Crippen LogP contribution in [0.25, 0.3) is 0 Å². The maximum atomic E-state index is 11.8. The molecule has 1 aromatic carbocycles. The number of hydrogen-bond acceptors (Lipinski definition) is 4. The lowest BCUT2D eigenvalue weighted by atomic mass is 10.3. The van der Waals surface area contributed by atoms with Crippen LogP contribution in [0.5, 0.6) is 11.5 Å². The van der Waals surface area contributed by atoms with Crippen molar-refractivity contribution in [1.82, 2.24) is 0 Å². The highest BCUT2D eigenvalue weighted by Gasteiger charge is 2.18. The molecule has 0 spiro atoms. The predicted molar refractivity (Wildman–Crippen MR) is 57.0 cm³/mol. The number of benzene rings is 1. The molecule has 0 unspecified atom stereocenters. The van der Waals surface area contributed by atoms with Crippen molar-refractivity contribution >= 4 is 9.84 Å². The van der Waals surface area contributed by atoms with Crippen molar-refractivity contribution < 1.29 is 18.3 Å². The topological polar surface area (TPSA) is 63.6 Å². The normalized spacial score (nSPS) is 11.3. The van der Waals surface area contributed by atoms with Gasteiger partial charge in [0.2, 0.25) is 0 Å². The van der Waals surface area contributed by atoms with E-state index in [0.29, 0.717) is 6.42 Å². The van der Waals surface area contributed by atoms with Gasteiger partial charge in [0.1, 0.15) is 16.4 Å². The summed E-state index contributed by atoms with van der Waals surface area (Å²) in [5.74, 6) is 0.250. The number of phenols is 1. The molecule has 15 heavy (non-hydrogen) atoms. The third kappa shape index (κ3) is 2.62. The minimum Gasteiger partial charge on any atom is -0.508 e. The summed E-state index contributed by atoms with van der Waals surface area (Å²) in [5, 5.41) is 9.19. The number of phenolic OH excluding ortho intramolecular Hbond substituents is 1. The molecule has 0 aliphatic carbocycles. The average molecular weight is 230 g/mol. The molecule has 0 aliphatic heterocycles. The van der Waals surface area contributed by atoms with Crippen LogP contribution < -0.4 is 4.74 Å². The van der Waals surface area contributed by atoms with Crippen molar-refractivity contribution in [2.75, 3.05) is 12.9 Å². The smallest absolute Gasteiger partial charge is 0.182 e. The molecule has 1 rings (SSSR count). The fourth-order valence-corrected chi connectivity index (χ4v) is 2.77. The van der Waals surface area contributed by atoms with Crippen LogP contribution in [-0.2, 0) is 9.84 Å². The summed E-state index contributed by atoms with van der Waals surface area (Å²) in [4.78, 5) is 0.129. The molecule has 0 bridgehead atoms. The number of aromatic hydroxyl groups is 1. The monoisotopic (exact) mass is 230 g/mol. The van der Waals surface area contributed by atoms with Crippen LogP contribution in [0.1, 0.15) is 13.3 Å². The molecule has 0 fully saturated rings. The van der Waals surface area contributed by atoms with Gasteiger partial charge in [-0.1, -0.05) is 6.92 Å². The molecule has 0 radical (unpaired) electrons. The van der Waals surface area contributed by atoms with E-state index in [1.54, 1.807) is 6.92 Å². The van der Waals surface area contributed by atoms with E-state index in [-0.39, 0.29) is 22.1 Å². The van der Waals surface area contributed by atoms with E-state index in [1.807, 2.05) is 0 Å². The third-order valence-corrected chi connectivity index (χ3v) is 3.91. The van der Waals surface area contributed by atoms with Crippen molar-refractivity contribution in [1.29, 1.82) is 0 Å². The molecule has 0 saturated heterocycles. The molecule has 5 heteroatoms. The lowest BCUT2D eigenvalue weighted by Gasteiger charge is -2.08. The highest BCUT2D eigenvalue weighted by Crippen LogP contribution is 2.28. The molecule has 0 heterocycles. The van der Waals surface area contributed by atoms with Gasteiger partial charge in [-0.15, -0.1) is 0 Å². The zero-order chi connectivity index (χ0) is 11.5. The van der Waals surface area contributed by atoms with Crippen molar-refractivity contribution in [3.8, 4) is 11.5 Å². The van der Waals surface area contributed by atoms with Crippen molar-refractivity contribution in [2.24, 2.45) is 0 Å². The minimum absolute atomic E-state index is 0.0118. The number of hydrogen-bond donors (Lipinski definition) is 1. The maximum Gasteiger partial charge on any atom is 0.182 e. The molecule has 0 amide bonds. The van der Waals surface area contributed by atoms with Gasteiger partial charge in [-0.3, -0.25) is 0 Å². The van der Waals surface area contributed by atoms with Crippen LogP contribution in [0, 0.1) is 0 Å². The van der Waals surface area contributed by atoms with E-state index < -0.39 is 9.84 Å². The van der Waals surface area contributed by atoms with Gasteiger partial charge < -0.3 is 9.84 Å². The van der Waals surface area contributed by atoms with Crippen LogP contribution in [0.4, 0.5) is 0 Å². The molecule has 0 saturated carbocycles. The van der Waals surface area contributed by atoms with Gasteiger partial charge in [-0.25, -0.2) is 8.42 Å². The zero-order valence-corrected chi connectivity index (χ0v) is 9.54. The maximum absolute atomic E-state index is 11.8. The second-order valence-electron chi connectivity index (χ2n) is 3.15. The van der Waals surface area contributed by atoms with Gasteiger partial charge >= 0.3 is 0 Å². The van der Waals surface area contributed by atoms with E-state index >= 15 is 0 Å². The fourth-order valence-electron chi connectivity index (χ4n) is 1.29. The molecule has 0 aliphatic rings. The standard InChI is InChI=1S/C10H14O4S/c1-3-6-15(12,13)10-5-4-8(11)7-9(10)14-2/h4-5,7,11H,3,6H2,1-2H3. The molecular weight excluding hydrogens is 216 g/mol. The molecule has 84 valence electrons. The zero-order valence-electron chi connectivity index (χ0n) is 8.73. The number of methoxy groups -OCH3 is 1. The van der Waals surface area contributed by atoms with Gasteiger partial charge in [-0.05, 0) is 18.6 Å². The first kappa shape index (κ1) is 11.8. The van der Waals surface area contributed by atoms with Gasteiger partial charge in [0.05, 0.1) is 12.9 Å². The summed E-state index contributed by atoms with van der Waals surface area (Å²) in [6.07, 6.45) is 0.548. The van der Waals surface area contributed by atoms with Gasteiger partial charge in [0.25, 0.3) is 0 Å². The number of sulfone groups is 1. The molecule has 0 atom stereocenters. The molecule has 1 aromatic rings. The van der Waals surface area contributed by atoms with Crippen LogP contribution >= 0.6 is 0 Å². The van der Waals surface area contributed by atoms with Gasteiger partial charge in [0.15, 0.2) is 9.84 Å². The van der Waals surface area contributed by atoms with Crippen LogP contribution in [0.2, 0.25) is 0 Å². The van der Waals surface area contributed by atoms with E-state index in [1.165, 1.54) is 25.3 Å². The first-order valence-corrected chi connectivity index (χ1v) is 6.26. The lowest BCUT2D eigenvalue weighted by molar-refractivity contribution is 0.396. The summed E-state index contributed by atoms with van der Waals surface area (Å²) in [7, 11) is -1.93. The summed E-state index contributed by atoms with van der Waals surface area (Å²) >= 11 is 0. The Hall–Kier alpha value is -1.23. The molecular formula is C10H14O4S. The Labute approximate surface area is 89.4 Å². The summed E-state index contributed by atoms with van der Waals surface area (Å²) in [5.41, 5.74) is 0. The Morgan fingerprint density at radius 2 is 2.07 bits per heavy atom. The lowest BCUT2D eigenvalue weighted by Crippen LogP contribution is -2.07. The Balaban J connectivity index is 3.25. The Kier molecular flexibility index (Phi) is 3.57. The van der Waals surface area contributed by atoms with Crippen LogP contribution in [-0.4, -0.2) is 26.4 Å². The van der Waals surface area contributed by atoms with Crippen molar-refractivity contribution in [3.05, 3.63) is 18.2 Å². The minimum atomic E-state index is -3.31. The first-order chi connectivity index (χ1) is 7.01. The number of rotatable bonds is 4. The highest BCUT2D eigenvalue weighted by molar-refractivity contribution is 7.91. The Morgan fingerprint density at radius 3 is 2.60 bits per heavy atom. The molecule has 1 N–H and O–H groups in total. The van der Waals surface area contributed by atoms with Gasteiger partial charge in [-0.2, -0.15) is 0 Å². The summed E-state index contributed by atoms with van der Waals surface area (Å²) in [6, 6.07) is 3.99. The van der Waals surface area contributed by atoms with E-state index in [2.05, 4.69) is 0 Å². The quantitative estimate of drug-likeness (QED) is 0.853. The van der Waals surface area contributed by atoms with E-state index in [9.17, 15) is 13.5 Å². The largest absolute Gasteiger partial charge is 0.508 e. The molecule has 0 aromatic heterocycles. The second kappa shape index (κ2) is 4.53. The highest BCUT2D eigenvalue weighted by atomic mass is 32.2. The Morgan fingerprint density at radius 1 is 1.40 bits per heavy atom. The van der Waals surface area contributed by atoms with Crippen LogP contribution in [0.3, 0.4) is 0 Å². The fraction of sp³-hybridized carbons (Fsp3) is 0.400. The molecule has 4 nitrogen and oxygen atoms in total. The van der Waals surface area contributed by atoms with E-state index in [0.717, 1.165) is 0 Å². The van der Waals surface area contributed by atoms with Crippen LogP contribution in [0.15, 0.2) is 23.1 Å². The summed E-state index contributed by atoms with van der Waals surface area (Å²) < 4.78 is 28.4.